The van der Waals surface area contributed by atoms with Gasteiger partial charge in [0.1, 0.15) is 5.82 Å². The molecule has 1 unspecified atom stereocenters. The Morgan fingerprint density at radius 1 is 1.52 bits per heavy atom. The highest BCUT2D eigenvalue weighted by atomic mass is 16.5. The molecule has 23 heavy (non-hydrogen) atoms. The first kappa shape index (κ1) is 15.5. The predicted octanol–water partition coefficient (Wildman–Crippen LogP) is 2.39. The second kappa shape index (κ2) is 6.76. The topological polar surface area (TPSA) is 92.4 Å². The van der Waals surface area contributed by atoms with Crippen LogP contribution in [0.1, 0.15) is 32.0 Å². The monoisotopic (exact) mass is 316 g/mol. The first-order chi connectivity index (χ1) is 11.2. The van der Waals surface area contributed by atoms with Gasteiger partial charge in [-0.05, 0) is 31.4 Å². The van der Waals surface area contributed by atoms with Crippen molar-refractivity contribution in [3.8, 4) is 11.5 Å². The Labute approximate surface area is 134 Å². The molecular formula is C16H20N4O3. The van der Waals surface area contributed by atoms with Crippen LogP contribution in [0, 0.1) is 5.92 Å². The second-order valence-electron chi connectivity index (χ2n) is 5.76. The molecule has 3 rings (SSSR count). The lowest BCUT2D eigenvalue weighted by molar-refractivity contribution is -0.141. The van der Waals surface area contributed by atoms with Crippen molar-refractivity contribution in [1.29, 1.82) is 0 Å². The Hall–Kier alpha value is -2.44. The molecule has 7 heteroatoms. The van der Waals surface area contributed by atoms with Crippen LogP contribution >= 0.6 is 0 Å². The number of carbonyl (C=O) groups is 1. The van der Waals surface area contributed by atoms with E-state index in [1.54, 1.807) is 6.20 Å². The van der Waals surface area contributed by atoms with Crippen molar-refractivity contribution < 1.29 is 14.4 Å². The zero-order valence-corrected chi connectivity index (χ0v) is 13.1. The number of aryl methyl sites for hydroxylation is 1. The van der Waals surface area contributed by atoms with Gasteiger partial charge in [-0.25, -0.2) is 4.98 Å². The van der Waals surface area contributed by atoms with Crippen LogP contribution < -0.4 is 4.90 Å². The molecule has 2 aromatic rings. The Bertz CT molecular complexity index is 685. The van der Waals surface area contributed by atoms with Gasteiger partial charge in [-0.3, -0.25) is 4.79 Å². The van der Waals surface area contributed by atoms with Gasteiger partial charge >= 0.3 is 5.97 Å². The molecule has 1 fully saturated rings. The maximum atomic E-state index is 11.3. The summed E-state index contributed by atoms with van der Waals surface area (Å²) in [5.74, 6) is 0.714. The minimum Gasteiger partial charge on any atom is -0.481 e. The van der Waals surface area contributed by atoms with Gasteiger partial charge < -0.3 is 14.5 Å². The number of carboxylic acids is 1. The fourth-order valence-corrected chi connectivity index (χ4v) is 2.88. The second-order valence-corrected chi connectivity index (χ2v) is 5.76. The number of pyridine rings is 1. The van der Waals surface area contributed by atoms with Crippen molar-refractivity contribution in [2.45, 2.75) is 32.6 Å². The van der Waals surface area contributed by atoms with Gasteiger partial charge in [0.25, 0.3) is 5.89 Å². The minimum atomic E-state index is -0.754. The van der Waals surface area contributed by atoms with E-state index in [2.05, 4.69) is 22.0 Å². The van der Waals surface area contributed by atoms with E-state index in [4.69, 9.17) is 4.52 Å². The first-order valence-corrected chi connectivity index (χ1v) is 7.94. The molecule has 1 N–H and O–H groups in total. The fourth-order valence-electron chi connectivity index (χ4n) is 2.88. The van der Waals surface area contributed by atoms with Gasteiger partial charge in [0, 0.05) is 25.7 Å². The van der Waals surface area contributed by atoms with Gasteiger partial charge in [0.15, 0.2) is 5.82 Å². The highest BCUT2D eigenvalue weighted by Crippen LogP contribution is 2.30. The third-order valence-corrected chi connectivity index (χ3v) is 4.03. The van der Waals surface area contributed by atoms with Crippen LogP contribution in [0.25, 0.3) is 11.5 Å². The molecule has 0 saturated carbocycles. The van der Waals surface area contributed by atoms with E-state index in [1.165, 1.54) is 0 Å². The molecule has 1 atom stereocenters. The van der Waals surface area contributed by atoms with E-state index in [1.807, 2.05) is 17.0 Å². The summed E-state index contributed by atoms with van der Waals surface area (Å²) in [4.78, 5) is 22.1. The SMILES string of the molecule is CCCc1noc(-c2cccnc2N2CCCC(C(=O)O)C2)n1. The van der Waals surface area contributed by atoms with Crippen molar-refractivity contribution in [2.75, 3.05) is 18.0 Å². The van der Waals surface area contributed by atoms with E-state index in [-0.39, 0.29) is 5.92 Å². The molecule has 2 aromatic heterocycles. The van der Waals surface area contributed by atoms with Crippen LogP contribution in [-0.4, -0.2) is 39.3 Å². The lowest BCUT2D eigenvalue weighted by atomic mass is 9.98. The Balaban J connectivity index is 1.89. The quantitative estimate of drug-likeness (QED) is 0.905. The van der Waals surface area contributed by atoms with Crippen LogP contribution in [0.2, 0.25) is 0 Å². The molecule has 1 saturated heterocycles. The smallest absolute Gasteiger partial charge is 0.308 e. The maximum Gasteiger partial charge on any atom is 0.308 e. The van der Waals surface area contributed by atoms with Gasteiger partial charge in [-0.2, -0.15) is 4.98 Å². The number of piperidine rings is 1. The third-order valence-electron chi connectivity index (χ3n) is 4.03. The van der Waals surface area contributed by atoms with Crippen molar-refractivity contribution in [3.63, 3.8) is 0 Å². The molecule has 0 aliphatic carbocycles. The molecule has 0 aromatic carbocycles. The molecule has 1 aliphatic rings. The van der Waals surface area contributed by atoms with Crippen LogP contribution in [0.3, 0.4) is 0 Å². The number of rotatable bonds is 5. The number of carboxylic acid groups (broad SMARTS) is 1. The number of nitrogens with zero attached hydrogens (tertiary/aromatic N) is 4. The van der Waals surface area contributed by atoms with Gasteiger partial charge in [-0.1, -0.05) is 12.1 Å². The normalized spacial score (nSPS) is 18.1. The van der Waals surface area contributed by atoms with Crippen molar-refractivity contribution in [1.82, 2.24) is 15.1 Å². The summed E-state index contributed by atoms with van der Waals surface area (Å²) in [7, 11) is 0. The van der Waals surface area contributed by atoms with E-state index < -0.39 is 5.97 Å². The number of anilines is 1. The number of aromatic nitrogens is 3. The summed E-state index contributed by atoms with van der Waals surface area (Å²) in [5.41, 5.74) is 0.758. The number of hydrogen-bond donors (Lipinski definition) is 1. The van der Waals surface area contributed by atoms with E-state index in [9.17, 15) is 9.90 Å². The van der Waals surface area contributed by atoms with E-state index in [0.29, 0.717) is 30.5 Å². The molecule has 1 aliphatic heterocycles. The number of hydrogen-bond acceptors (Lipinski definition) is 6. The van der Waals surface area contributed by atoms with Crippen LogP contribution in [-0.2, 0) is 11.2 Å². The van der Waals surface area contributed by atoms with Crippen LogP contribution in [0.15, 0.2) is 22.9 Å². The summed E-state index contributed by atoms with van der Waals surface area (Å²) in [6, 6.07) is 3.71. The summed E-state index contributed by atoms with van der Waals surface area (Å²) < 4.78 is 5.36. The van der Waals surface area contributed by atoms with Crippen molar-refractivity contribution >= 4 is 11.8 Å². The largest absolute Gasteiger partial charge is 0.481 e. The maximum absolute atomic E-state index is 11.3. The lowest BCUT2D eigenvalue weighted by Gasteiger charge is -2.32. The molecule has 122 valence electrons. The van der Waals surface area contributed by atoms with Crippen LogP contribution in [0.5, 0.6) is 0 Å². The Kier molecular flexibility index (Phi) is 4.55. The van der Waals surface area contributed by atoms with Gasteiger partial charge in [0.05, 0.1) is 11.5 Å². The summed E-state index contributed by atoms with van der Waals surface area (Å²) in [5, 5.41) is 13.2. The zero-order chi connectivity index (χ0) is 16.2. The number of aliphatic carboxylic acids is 1. The minimum absolute atomic E-state index is 0.364. The summed E-state index contributed by atoms with van der Waals surface area (Å²) >= 11 is 0. The highest BCUT2D eigenvalue weighted by molar-refractivity contribution is 5.73. The van der Waals surface area contributed by atoms with Crippen molar-refractivity contribution in [3.05, 3.63) is 24.2 Å². The predicted molar refractivity (Wildman–Crippen MR) is 84.1 cm³/mol. The highest BCUT2D eigenvalue weighted by Gasteiger charge is 2.28. The third kappa shape index (κ3) is 3.33. The average molecular weight is 316 g/mol. The standard InChI is InChI=1S/C16H20N4O3/c1-2-5-13-18-15(23-19-13)12-7-3-8-17-14(12)20-9-4-6-11(10-20)16(21)22/h3,7-8,11H,2,4-6,9-10H2,1H3,(H,21,22). The van der Waals surface area contributed by atoms with E-state index >= 15 is 0 Å². The molecule has 3 heterocycles. The molecule has 0 bridgehead atoms. The summed E-state index contributed by atoms with van der Waals surface area (Å²) in [6.45, 7) is 3.30. The molecular weight excluding hydrogens is 296 g/mol. The molecule has 0 radical (unpaired) electrons. The summed E-state index contributed by atoms with van der Waals surface area (Å²) in [6.07, 6.45) is 4.95. The fraction of sp³-hybridized carbons (Fsp3) is 0.500. The van der Waals surface area contributed by atoms with Crippen molar-refractivity contribution in [2.24, 2.45) is 5.92 Å². The first-order valence-electron chi connectivity index (χ1n) is 7.94. The van der Waals surface area contributed by atoms with Crippen LogP contribution in [0.4, 0.5) is 5.82 Å². The molecule has 7 nitrogen and oxygen atoms in total. The van der Waals surface area contributed by atoms with E-state index in [0.717, 1.165) is 31.4 Å². The Morgan fingerprint density at radius 3 is 3.17 bits per heavy atom. The van der Waals surface area contributed by atoms with Gasteiger partial charge in [0.2, 0.25) is 0 Å². The molecule has 0 amide bonds. The average Bonchev–Trinajstić information content (AvgIpc) is 3.04. The Morgan fingerprint density at radius 2 is 2.39 bits per heavy atom. The van der Waals surface area contributed by atoms with Gasteiger partial charge in [-0.15, -0.1) is 0 Å². The molecule has 0 spiro atoms. The lowest BCUT2D eigenvalue weighted by Crippen LogP contribution is -2.39. The zero-order valence-electron chi connectivity index (χ0n) is 13.1.